The van der Waals surface area contributed by atoms with E-state index in [0.29, 0.717) is 27.9 Å². The minimum Gasteiger partial charge on any atom is -0.463 e. The zero-order chi connectivity index (χ0) is 19.1. The number of rotatable bonds is 3. The maximum absolute atomic E-state index is 6.40. The third-order valence-corrected chi connectivity index (χ3v) is 5.41. The predicted octanol–water partition coefficient (Wildman–Crippen LogP) is 7.23. The molecule has 28 heavy (non-hydrogen) atoms. The van der Waals surface area contributed by atoms with E-state index in [2.05, 4.69) is 15.9 Å². The summed E-state index contributed by atoms with van der Waals surface area (Å²) in [5, 5.41) is 0.675. The van der Waals surface area contributed by atoms with Gasteiger partial charge in [0, 0.05) is 15.1 Å². The largest absolute Gasteiger partial charge is 0.463 e. The second-order valence-electron chi connectivity index (χ2n) is 6.18. The summed E-state index contributed by atoms with van der Waals surface area (Å²) < 4.78 is 12.1. The zero-order valence-electron chi connectivity index (χ0n) is 14.4. The highest BCUT2D eigenvalue weighted by molar-refractivity contribution is 9.10. The molecule has 5 rings (SSSR count). The lowest BCUT2D eigenvalue weighted by Gasteiger charge is -2.11. The Hall–Kier alpha value is -2.89. The highest BCUT2D eigenvalue weighted by Gasteiger charge is 2.18. The van der Waals surface area contributed by atoms with Crippen molar-refractivity contribution in [3.05, 3.63) is 82.7 Å². The van der Waals surface area contributed by atoms with E-state index in [9.17, 15) is 0 Å². The van der Waals surface area contributed by atoms with Crippen LogP contribution >= 0.6 is 27.5 Å². The Morgan fingerprint density at radius 3 is 1.89 bits per heavy atom. The van der Waals surface area contributed by atoms with Gasteiger partial charge in [-0.3, -0.25) is 0 Å². The summed E-state index contributed by atoms with van der Waals surface area (Å²) in [5.74, 6) is 1.26. The van der Waals surface area contributed by atoms with Crippen molar-refractivity contribution in [1.82, 2.24) is 9.97 Å². The first kappa shape index (κ1) is 17.2. The van der Waals surface area contributed by atoms with E-state index < -0.39 is 0 Å². The number of aromatic nitrogens is 2. The van der Waals surface area contributed by atoms with Gasteiger partial charge >= 0.3 is 0 Å². The van der Waals surface area contributed by atoms with E-state index in [1.165, 1.54) is 0 Å². The van der Waals surface area contributed by atoms with Crippen LogP contribution in [0.3, 0.4) is 0 Å². The van der Waals surface area contributed by atoms with Crippen molar-refractivity contribution in [2.45, 2.75) is 0 Å². The SMILES string of the molecule is Clc1ccccc1-c1cc2nc(-c3ccco3)c(-c3ccco3)nc2cc1Br. The molecule has 0 spiro atoms. The van der Waals surface area contributed by atoms with Crippen molar-refractivity contribution in [1.29, 1.82) is 0 Å². The van der Waals surface area contributed by atoms with Crippen molar-refractivity contribution in [3.8, 4) is 34.0 Å². The molecule has 0 fully saturated rings. The molecule has 4 nitrogen and oxygen atoms in total. The fraction of sp³-hybridized carbons (Fsp3) is 0. The molecule has 3 aromatic heterocycles. The molecule has 136 valence electrons. The quantitative estimate of drug-likeness (QED) is 0.290. The topological polar surface area (TPSA) is 52.1 Å². The third kappa shape index (κ3) is 2.93. The molecule has 6 heteroatoms. The van der Waals surface area contributed by atoms with Crippen molar-refractivity contribution < 1.29 is 8.83 Å². The Morgan fingerprint density at radius 2 is 1.32 bits per heavy atom. The number of fused-ring (bicyclic) bond motifs is 1. The number of furan rings is 2. The minimum atomic E-state index is 0.625. The number of benzene rings is 2. The first-order valence-electron chi connectivity index (χ1n) is 8.54. The van der Waals surface area contributed by atoms with E-state index in [1.54, 1.807) is 12.5 Å². The lowest BCUT2D eigenvalue weighted by Crippen LogP contribution is -1.95. The van der Waals surface area contributed by atoms with E-state index >= 15 is 0 Å². The molecule has 0 atom stereocenters. The van der Waals surface area contributed by atoms with Gasteiger partial charge in [0.15, 0.2) is 11.5 Å². The maximum atomic E-state index is 6.40. The molecular formula is C22H12BrClN2O2. The Balaban J connectivity index is 1.79. The summed E-state index contributed by atoms with van der Waals surface area (Å²) >= 11 is 10.1. The van der Waals surface area contributed by atoms with Crippen LogP contribution in [-0.4, -0.2) is 9.97 Å². The monoisotopic (exact) mass is 450 g/mol. The molecule has 3 heterocycles. The van der Waals surface area contributed by atoms with Crippen molar-refractivity contribution in [2.75, 3.05) is 0 Å². The van der Waals surface area contributed by atoms with Crippen LogP contribution in [-0.2, 0) is 0 Å². The lowest BCUT2D eigenvalue weighted by molar-refractivity contribution is 0.572. The van der Waals surface area contributed by atoms with Crippen molar-refractivity contribution in [3.63, 3.8) is 0 Å². The summed E-state index contributed by atoms with van der Waals surface area (Å²) in [6.45, 7) is 0. The van der Waals surface area contributed by atoms with Gasteiger partial charge in [-0.1, -0.05) is 45.7 Å². The van der Waals surface area contributed by atoms with Gasteiger partial charge in [0.2, 0.25) is 0 Å². The van der Waals surface area contributed by atoms with Crippen LogP contribution in [0.2, 0.25) is 5.02 Å². The summed E-state index contributed by atoms with van der Waals surface area (Å²) in [6.07, 6.45) is 3.23. The molecule has 2 aromatic carbocycles. The average molecular weight is 452 g/mol. The fourth-order valence-electron chi connectivity index (χ4n) is 3.13. The van der Waals surface area contributed by atoms with Gasteiger partial charge in [0.05, 0.1) is 23.6 Å². The zero-order valence-corrected chi connectivity index (χ0v) is 16.7. The van der Waals surface area contributed by atoms with Crippen LogP contribution in [0.5, 0.6) is 0 Å². The van der Waals surface area contributed by atoms with Crippen LogP contribution in [0.25, 0.3) is 45.1 Å². The highest BCUT2D eigenvalue weighted by atomic mass is 79.9. The lowest BCUT2D eigenvalue weighted by atomic mass is 10.0. The molecule has 0 aliphatic heterocycles. The molecule has 0 amide bonds. The van der Waals surface area contributed by atoms with Gasteiger partial charge in [0.1, 0.15) is 11.4 Å². The minimum absolute atomic E-state index is 0.625. The normalized spacial score (nSPS) is 11.2. The standard InChI is InChI=1S/C22H12BrClN2O2/c23-15-12-18-17(11-14(15)13-5-1-2-6-16(13)24)25-21(19-7-3-9-27-19)22(26-18)20-8-4-10-28-20/h1-12H. The van der Waals surface area contributed by atoms with Crippen LogP contribution < -0.4 is 0 Å². The van der Waals surface area contributed by atoms with E-state index in [0.717, 1.165) is 26.6 Å². The van der Waals surface area contributed by atoms with E-state index in [1.807, 2.05) is 60.7 Å². The maximum Gasteiger partial charge on any atom is 0.154 e. The smallest absolute Gasteiger partial charge is 0.154 e. The van der Waals surface area contributed by atoms with Crippen LogP contribution in [0.15, 0.2) is 86.5 Å². The predicted molar refractivity (Wildman–Crippen MR) is 113 cm³/mol. The Morgan fingerprint density at radius 1 is 0.714 bits per heavy atom. The Bertz CT molecular complexity index is 1280. The number of hydrogen-bond acceptors (Lipinski definition) is 4. The molecule has 0 bridgehead atoms. The van der Waals surface area contributed by atoms with E-state index in [-0.39, 0.29) is 0 Å². The van der Waals surface area contributed by atoms with Gasteiger partial charge in [-0.05, 0) is 48.0 Å². The third-order valence-electron chi connectivity index (χ3n) is 4.43. The van der Waals surface area contributed by atoms with Crippen LogP contribution in [0.4, 0.5) is 0 Å². The number of halogens is 2. The number of hydrogen-bond donors (Lipinski definition) is 0. The van der Waals surface area contributed by atoms with E-state index in [4.69, 9.17) is 30.4 Å². The molecule has 0 aliphatic carbocycles. The Kier molecular flexibility index (Phi) is 4.26. The first-order valence-corrected chi connectivity index (χ1v) is 9.72. The molecule has 0 unspecified atom stereocenters. The fourth-order valence-corrected chi connectivity index (χ4v) is 3.92. The summed E-state index contributed by atoms with van der Waals surface area (Å²) in [6, 6.07) is 19.0. The van der Waals surface area contributed by atoms with Crippen molar-refractivity contribution in [2.24, 2.45) is 0 Å². The summed E-state index contributed by atoms with van der Waals surface area (Å²) in [5.41, 5.74) is 4.60. The van der Waals surface area contributed by atoms with Crippen LogP contribution in [0.1, 0.15) is 0 Å². The molecule has 5 aromatic rings. The molecule has 0 aliphatic rings. The summed E-state index contributed by atoms with van der Waals surface area (Å²) in [4.78, 5) is 9.66. The van der Waals surface area contributed by atoms with Gasteiger partial charge in [-0.15, -0.1) is 0 Å². The molecule has 0 N–H and O–H groups in total. The van der Waals surface area contributed by atoms with Gasteiger partial charge < -0.3 is 8.83 Å². The number of nitrogens with zero attached hydrogens (tertiary/aromatic N) is 2. The molecular weight excluding hydrogens is 440 g/mol. The van der Waals surface area contributed by atoms with Gasteiger partial charge in [-0.2, -0.15) is 0 Å². The summed E-state index contributed by atoms with van der Waals surface area (Å²) in [7, 11) is 0. The molecule has 0 radical (unpaired) electrons. The molecule has 0 saturated heterocycles. The van der Waals surface area contributed by atoms with Gasteiger partial charge in [-0.25, -0.2) is 9.97 Å². The van der Waals surface area contributed by atoms with Crippen LogP contribution in [0, 0.1) is 0 Å². The Labute approximate surface area is 173 Å². The molecule has 0 saturated carbocycles. The van der Waals surface area contributed by atoms with Crippen molar-refractivity contribution >= 4 is 38.6 Å². The van der Waals surface area contributed by atoms with Gasteiger partial charge in [0.25, 0.3) is 0 Å². The second-order valence-corrected chi connectivity index (χ2v) is 7.44. The second kappa shape index (κ2) is 6.93. The first-order chi connectivity index (χ1) is 13.7. The average Bonchev–Trinajstić information content (AvgIpc) is 3.41. The highest BCUT2D eigenvalue weighted by Crippen LogP contribution is 2.37.